The molecule has 0 radical (unpaired) electrons. The van der Waals surface area contributed by atoms with Gasteiger partial charge in [0.25, 0.3) is 0 Å². The second kappa shape index (κ2) is 7.84. The van der Waals surface area contributed by atoms with E-state index in [-0.39, 0.29) is 0 Å². The third-order valence-corrected chi connectivity index (χ3v) is 1.74. The molecule has 0 aliphatic heterocycles. The van der Waals surface area contributed by atoms with Crippen LogP contribution in [-0.4, -0.2) is 43.5 Å². The predicted octanol–water partition coefficient (Wildman–Crippen LogP) is 0.491. The third-order valence-electron chi connectivity index (χ3n) is 1.74. The van der Waals surface area contributed by atoms with E-state index in [0.29, 0.717) is 38.1 Å². The van der Waals surface area contributed by atoms with Gasteiger partial charge in [-0.15, -0.1) is 0 Å². The number of anilines is 1. The first kappa shape index (κ1) is 12.7. The van der Waals surface area contributed by atoms with E-state index in [1.54, 1.807) is 7.11 Å². The van der Waals surface area contributed by atoms with Crippen molar-refractivity contribution in [1.82, 2.24) is 9.97 Å². The summed E-state index contributed by atoms with van der Waals surface area (Å²) < 4.78 is 15.4. The quantitative estimate of drug-likeness (QED) is 0.651. The zero-order chi connectivity index (χ0) is 11.6. The van der Waals surface area contributed by atoms with E-state index in [4.69, 9.17) is 19.9 Å². The molecule has 6 heteroatoms. The van der Waals surface area contributed by atoms with Crippen LogP contribution >= 0.6 is 0 Å². The van der Waals surface area contributed by atoms with Gasteiger partial charge in [-0.1, -0.05) is 0 Å². The zero-order valence-electron chi connectivity index (χ0n) is 9.39. The van der Waals surface area contributed by atoms with E-state index in [1.165, 1.54) is 12.4 Å². The molecule has 1 heterocycles. The Morgan fingerprint density at radius 3 is 2.56 bits per heavy atom. The summed E-state index contributed by atoms with van der Waals surface area (Å²) in [6.45, 7) is 2.38. The maximum Gasteiger partial charge on any atom is 0.316 e. The van der Waals surface area contributed by atoms with Crippen molar-refractivity contribution in [2.75, 3.05) is 39.3 Å². The highest BCUT2D eigenvalue weighted by Gasteiger charge is 1.96. The van der Waals surface area contributed by atoms with Gasteiger partial charge in [-0.3, -0.25) is 0 Å². The molecule has 0 unspecified atom stereocenters. The Balaban J connectivity index is 2.01. The maximum absolute atomic E-state index is 5.44. The van der Waals surface area contributed by atoms with Crippen molar-refractivity contribution in [2.24, 2.45) is 0 Å². The molecule has 1 rings (SSSR count). The normalized spacial score (nSPS) is 10.3. The van der Waals surface area contributed by atoms with Crippen LogP contribution in [0.3, 0.4) is 0 Å². The number of aromatic nitrogens is 2. The van der Waals surface area contributed by atoms with Crippen LogP contribution in [0.2, 0.25) is 0 Å². The Kier molecular flexibility index (Phi) is 6.20. The van der Waals surface area contributed by atoms with Gasteiger partial charge in [0.2, 0.25) is 0 Å². The molecule has 0 saturated heterocycles. The van der Waals surface area contributed by atoms with Gasteiger partial charge in [-0.25, -0.2) is 9.97 Å². The molecule has 0 amide bonds. The Hall–Kier alpha value is -1.40. The topological polar surface area (TPSA) is 79.5 Å². The molecule has 0 saturated carbocycles. The van der Waals surface area contributed by atoms with Crippen molar-refractivity contribution in [3.63, 3.8) is 0 Å². The van der Waals surface area contributed by atoms with Gasteiger partial charge in [-0.2, -0.15) is 0 Å². The van der Waals surface area contributed by atoms with Crippen LogP contribution in [0.25, 0.3) is 0 Å². The first-order chi connectivity index (χ1) is 7.83. The van der Waals surface area contributed by atoms with Gasteiger partial charge in [0.1, 0.15) is 0 Å². The first-order valence-corrected chi connectivity index (χ1v) is 5.10. The smallest absolute Gasteiger partial charge is 0.316 e. The van der Waals surface area contributed by atoms with Crippen LogP contribution in [0.5, 0.6) is 6.01 Å². The summed E-state index contributed by atoms with van der Waals surface area (Å²) in [5.41, 5.74) is 5.96. The van der Waals surface area contributed by atoms with E-state index in [0.717, 1.165) is 6.42 Å². The molecular weight excluding hydrogens is 210 g/mol. The molecule has 2 N–H and O–H groups in total. The van der Waals surface area contributed by atoms with Gasteiger partial charge in [0, 0.05) is 20.1 Å². The average Bonchev–Trinajstić information content (AvgIpc) is 2.30. The lowest BCUT2D eigenvalue weighted by Crippen LogP contribution is -2.07. The number of hydrogen-bond acceptors (Lipinski definition) is 6. The molecule has 0 atom stereocenters. The minimum atomic E-state index is 0.339. The summed E-state index contributed by atoms with van der Waals surface area (Å²) in [5, 5.41) is 0. The summed E-state index contributed by atoms with van der Waals surface area (Å²) in [5.74, 6) is 0. The average molecular weight is 227 g/mol. The van der Waals surface area contributed by atoms with Crippen LogP contribution in [0.1, 0.15) is 6.42 Å². The lowest BCUT2D eigenvalue weighted by Gasteiger charge is -2.05. The van der Waals surface area contributed by atoms with Gasteiger partial charge in [0.15, 0.2) is 0 Å². The summed E-state index contributed by atoms with van der Waals surface area (Å²) in [7, 11) is 1.64. The lowest BCUT2D eigenvalue weighted by atomic mass is 10.5. The molecule has 0 fully saturated rings. The van der Waals surface area contributed by atoms with Gasteiger partial charge in [0.05, 0.1) is 37.9 Å². The van der Waals surface area contributed by atoms with Crippen molar-refractivity contribution in [1.29, 1.82) is 0 Å². The molecule has 90 valence electrons. The minimum absolute atomic E-state index is 0.339. The molecular formula is C10H17N3O3. The summed E-state index contributed by atoms with van der Waals surface area (Å²) >= 11 is 0. The molecule has 16 heavy (non-hydrogen) atoms. The number of ether oxygens (including phenoxy) is 3. The third kappa shape index (κ3) is 5.47. The summed E-state index contributed by atoms with van der Waals surface area (Å²) in [4.78, 5) is 7.81. The number of methoxy groups -OCH3 is 1. The fourth-order valence-corrected chi connectivity index (χ4v) is 0.969. The van der Waals surface area contributed by atoms with Gasteiger partial charge in [-0.05, 0) is 0 Å². The molecule has 0 spiro atoms. The number of nitrogen functional groups attached to an aromatic ring is 1. The predicted molar refractivity (Wildman–Crippen MR) is 59.3 cm³/mol. The number of hydrogen-bond donors (Lipinski definition) is 1. The van der Waals surface area contributed by atoms with Crippen LogP contribution in [-0.2, 0) is 9.47 Å². The fourth-order valence-electron chi connectivity index (χ4n) is 0.969. The maximum atomic E-state index is 5.44. The monoisotopic (exact) mass is 227 g/mol. The highest BCUT2D eigenvalue weighted by atomic mass is 16.5. The van der Waals surface area contributed by atoms with Gasteiger partial charge < -0.3 is 19.9 Å². The van der Waals surface area contributed by atoms with Crippen molar-refractivity contribution in [3.8, 4) is 6.01 Å². The number of rotatable bonds is 8. The Morgan fingerprint density at radius 2 is 1.88 bits per heavy atom. The summed E-state index contributed by atoms with van der Waals surface area (Å²) in [6.07, 6.45) is 3.81. The Morgan fingerprint density at radius 1 is 1.12 bits per heavy atom. The molecule has 0 aliphatic rings. The highest BCUT2D eigenvalue weighted by molar-refractivity contribution is 5.30. The van der Waals surface area contributed by atoms with Crippen molar-refractivity contribution in [3.05, 3.63) is 12.4 Å². The SMILES string of the molecule is COCCOCCCOc1ncc(N)cn1. The van der Waals surface area contributed by atoms with E-state index < -0.39 is 0 Å². The second-order valence-corrected chi connectivity index (χ2v) is 3.11. The standard InChI is InChI=1S/C10H17N3O3/c1-14-5-6-15-3-2-4-16-10-12-7-9(11)8-13-10/h7-8H,2-6,11H2,1H3. The zero-order valence-corrected chi connectivity index (χ0v) is 9.39. The van der Waals surface area contributed by atoms with Crippen LogP contribution in [0.4, 0.5) is 5.69 Å². The summed E-state index contributed by atoms with van der Waals surface area (Å²) in [6, 6.07) is 0.339. The van der Waals surface area contributed by atoms with Crippen LogP contribution in [0.15, 0.2) is 12.4 Å². The Labute approximate surface area is 94.7 Å². The molecule has 1 aromatic rings. The molecule has 0 aromatic carbocycles. The van der Waals surface area contributed by atoms with E-state index in [9.17, 15) is 0 Å². The van der Waals surface area contributed by atoms with Crippen molar-refractivity contribution >= 4 is 5.69 Å². The molecule has 6 nitrogen and oxygen atoms in total. The highest BCUT2D eigenvalue weighted by Crippen LogP contribution is 2.03. The number of nitrogens with two attached hydrogens (primary N) is 1. The molecule has 0 bridgehead atoms. The fraction of sp³-hybridized carbons (Fsp3) is 0.600. The Bertz CT molecular complexity index is 279. The molecule has 0 aliphatic carbocycles. The van der Waals surface area contributed by atoms with Crippen molar-refractivity contribution in [2.45, 2.75) is 6.42 Å². The lowest BCUT2D eigenvalue weighted by molar-refractivity contribution is 0.0639. The van der Waals surface area contributed by atoms with E-state index >= 15 is 0 Å². The number of nitrogens with zero attached hydrogens (tertiary/aromatic N) is 2. The van der Waals surface area contributed by atoms with Crippen LogP contribution in [0, 0.1) is 0 Å². The second-order valence-electron chi connectivity index (χ2n) is 3.11. The van der Waals surface area contributed by atoms with Gasteiger partial charge >= 0.3 is 6.01 Å². The van der Waals surface area contributed by atoms with E-state index in [1.807, 2.05) is 0 Å². The first-order valence-electron chi connectivity index (χ1n) is 5.10. The van der Waals surface area contributed by atoms with Crippen LogP contribution < -0.4 is 10.5 Å². The van der Waals surface area contributed by atoms with E-state index in [2.05, 4.69) is 9.97 Å². The van der Waals surface area contributed by atoms with Crippen molar-refractivity contribution < 1.29 is 14.2 Å². The molecule has 1 aromatic heterocycles. The minimum Gasteiger partial charge on any atom is -0.463 e. The largest absolute Gasteiger partial charge is 0.463 e.